The van der Waals surface area contributed by atoms with Crippen LogP contribution in [0.25, 0.3) is 11.1 Å². The number of carbonyl (C=O) groups is 10. The van der Waals surface area contributed by atoms with E-state index in [1.165, 1.54) is 19.1 Å². The molecule has 125 heavy (non-hydrogen) atoms. The molecule has 0 radical (unpaired) electrons. The molecule has 2 fully saturated rings. The zero-order valence-electron chi connectivity index (χ0n) is 66.6. The Morgan fingerprint density at radius 2 is 1.32 bits per heavy atom. The van der Waals surface area contributed by atoms with Crippen molar-refractivity contribution in [3.63, 3.8) is 0 Å². The first-order chi connectivity index (χ1) is 59.0. The Bertz CT molecular complexity index is 5330. The molecular weight excluding hydrogens is 1700 g/mol. The van der Waals surface area contributed by atoms with E-state index in [4.69, 9.17) is 63.1 Å². The van der Waals surface area contributed by atoms with E-state index in [1.807, 2.05) is 0 Å². The summed E-state index contributed by atoms with van der Waals surface area (Å²) in [6, 6.07) is 8.93. The van der Waals surface area contributed by atoms with E-state index >= 15 is 19.2 Å². The standard InChI is InChI=1S/C82H87Cl2F3N12O26/c1-32(2)19-48(88)73(112)96-63-65(106)38-12-17-52(46(83)22-38)120-54-24-40-25-55(69(54)124-80-70(68(109)67(108)56(31-100)122-80)123-58-29-81(5,71(110)33(3)119-58)90-30-35-7-6-8-41(20-35)91-72(111)36-9-14-43(15-10-36)125-82(85,86)87)121-53-18-13-39(23-47(53)84)66(107)64-78(117)95-62(79(118)99-98-34(4)101)45-26-42(102)27-51(104)59(45)44-21-37(11-16-50(44)103)60(75(114)97-64)94-76(115)61(40)93-74(113)49(28-57(89)105)92-77(63)116/h6-18,20-27,32-33,48-49,56,58,60-68,70-71,80,90,100,102-104,106-110H,19,28-31,88H2,1-5H3,(H2,89,105)(H,91,111)(H,92,116)(H,93,113)(H,94,115)(H,95,117)(H,96,112)(H,97,114)(H,98,101)(H,99,118)/t33-,48+,49-,56+,58-,60+,61+,62+,63+,64-,65+,66+,67+,68-,70+,71+,80-,81-/m0/s1. The molecule has 38 nitrogen and oxygen atoms in total. The van der Waals surface area contributed by atoms with Gasteiger partial charge in [0.05, 0.1) is 41.3 Å². The molecule has 2 saturated heterocycles. The van der Waals surface area contributed by atoms with E-state index in [0.29, 0.717) is 5.56 Å². The molecular formula is C82H87Cl2F3N12O26. The molecule has 11 bridgehead atoms. The van der Waals surface area contributed by atoms with Gasteiger partial charge in [-0.1, -0.05) is 67.4 Å². The number of hydrogen-bond acceptors (Lipinski definition) is 28. The first-order valence-electron chi connectivity index (χ1n) is 38.6. The summed E-state index contributed by atoms with van der Waals surface area (Å²) >= 11 is 14.3. The van der Waals surface area contributed by atoms with Gasteiger partial charge in [0.25, 0.3) is 11.8 Å². The van der Waals surface area contributed by atoms with Crippen molar-refractivity contribution >= 4 is 88.0 Å². The van der Waals surface area contributed by atoms with Crippen LogP contribution in [0.3, 0.4) is 0 Å². The molecule has 43 heteroatoms. The maximum absolute atomic E-state index is 16.3. The van der Waals surface area contributed by atoms with Crippen LogP contribution in [0.4, 0.5) is 18.9 Å². The third-order valence-corrected chi connectivity index (χ3v) is 21.6. The Balaban J connectivity index is 1.01. The third kappa shape index (κ3) is 21.2. The van der Waals surface area contributed by atoms with Crippen LogP contribution in [-0.4, -0.2) is 197 Å². The highest BCUT2D eigenvalue weighted by atomic mass is 35.5. The van der Waals surface area contributed by atoms with Crippen molar-refractivity contribution in [2.45, 2.75) is 176 Å². The molecule has 0 aliphatic carbocycles. The average molecular weight is 1780 g/mol. The number of aliphatic hydroxyl groups is 6. The van der Waals surface area contributed by atoms with Gasteiger partial charge in [-0.2, -0.15) is 0 Å². The summed E-state index contributed by atoms with van der Waals surface area (Å²) in [5.74, 6) is -18.5. The summed E-state index contributed by atoms with van der Waals surface area (Å²) in [5.41, 5.74) is 12.5. The van der Waals surface area contributed by atoms with Gasteiger partial charge in [0.15, 0.2) is 23.9 Å². The second-order valence-electron chi connectivity index (χ2n) is 30.8. The molecule has 666 valence electrons. The molecule has 14 rings (SSSR count). The predicted octanol–water partition coefficient (Wildman–Crippen LogP) is 2.91. The van der Waals surface area contributed by atoms with Gasteiger partial charge in [-0.05, 0) is 151 Å². The molecule has 23 N–H and O–H groups in total. The van der Waals surface area contributed by atoms with E-state index in [2.05, 4.69) is 58.1 Å². The zero-order chi connectivity index (χ0) is 90.7. The van der Waals surface area contributed by atoms with Crippen LogP contribution in [-0.2, 0) is 63.9 Å². The Hall–Kier alpha value is -12.2. The van der Waals surface area contributed by atoms with E-state index < -0.39 is 277 Å². The van der Waals surface area contributed by atoms with Gasteiger partial charge in [-0.3, -0.25) is 58.8 Å². The van der Waals surface area contributed by atoms with Gasteiger partial charge >= 0.3 is 6.36 Å². The van der Waals surface area contributed by atoms with Crippen molar-refractivity contribution < 1.29 is 140 Å². The Morgan fingerprint density at radius 3 is 1.94 bits per heavy atom. The Labute approximate surface area is 717 Å². The molecule has 0 aromatic heterocycles. The molecule has 7 aliphatic heterocycles. The lowest BCUT2D eigenvalue weighted by atomic mass is 9.84. The highest BCUT2D eigenvalue weighted by molar-refractivity contribution is 6.32. The summed E-state index contributed by atoms with van der Waals surface area (Å²) in [5, 5.41) is 126. The molecule has 7 aromatic rings. The van der Waals surface area contributed by atoms with Gasteiger partial charge < -0.3 is 133 Å². The number of hydrogen-bond donors (Lipinski definition) is 21. The van der Waals surface area contributed by atoms with Crippen LogP contribution < -0.4 is 83.8 Å². The number of rotatable bonds is 18. The topological polar surface area (TPSA) is 590 Å². The quantitative estimate of drug-likeness (QED) is 0.0549. The second kappa shape index (κ2) is 38.1. The van der Waals surface area contributed by atoms with Crippen molar-refractivity contribution in [3.05, 3.63) is 176 Å². The van der Waals surface area contributed by atoms with Crippen LogP contribution in [0, 0.1) is 5.92 Å². The Kier molecular flexibility index (Phi) is 28.0. The molecule has 7 aliphatic rings. The van der Waals surface area contributed by atoms with Crippen LogP contribution in [0.5, 0.6) is 51.7 Å². The first-order valence-corrected chi connectivity index (χ1v) is 39.4. The van der Waals surface area contributed by atoms with Gasteiger partial charge in [-0.25, -0.2) is 0 Å². The van der Waals surface area contributed by atoms with Crippen LogP contribution in [0.15, 0.2) is 127 Å². The minimum atomic E-state index is -4.98. The first kappa shape index (κ1) is 92.0. The van der Waals surface area contributed by atoms with Gasteiger partial charge in [0.1, 0.15) is 101 Å². The number of anilines is 1. The number of benzene rings is 7. The van der Waals surface area contributed by atoms with E-state index in [1.54, 1.807) is 39.0 Å². The van der Waals surface area contributed by atoms with Gasteiger partial charge in [0.2, 0.25) is 59.3 Å². The lowest BCUT2D eigenvalue weighted by Gasteiger charge is -2.48. The predicted molar refractivity (Wildman–Crippen MR) is 429 cm³/mol. The number of hydrazine groups is 1. The van der Waals surface area contributed by atoms with Gasteiger partial charge in [-0.15, -0.1) is 13.2 Å². The third-order valence-electron chi connectivity index (χ3n) is 21.0. The molecule has 0 saturated carbocycles. The highest BCUT2D eigenvalue weighted by Crippen LogP contribution is 2.50. The summed E-state index contributed by atoms with van der Waals surface area (Å²) in [7, 11) is 0. The summed E-state index contributed by atoms with van der Waals surface area (Å²) in [4.78, 5) is 145. The number of halogens is 5. The number of nitrogens with two attached hydrogens (primary N) is 2. The second-order valence-corrected chi connectivity index (χ2v) is 31.6. The molecule has 0 spiro atoms. The number of fused-ring (bicyclic) bond motifs is 15. The normalized spacial score (nSPS) is 26.0. The lowest BCUT2D eigenvalue weighted by Crippen LogP contribution is -2.65. The highest BCUT2D eigenvalue weighted by Gasteiger charge is 2.52. The van der Waals surface area contributed by atoms with Crippen molar-refractivity contribution in [2.24, 2.45) is 17.4 Å². The van der Waals surface area contributed by atoms with Crippen molar-refractivity contribution in [1.82, 2.24) is 48.1 Å². The number of ether oxygens (including phenoxy) is 7. The number of alkyl halides is 3. The van der Waals surface area contributed by atoms with E-state index in [-0.39, 0.29) is 47.7 Å². The maximum Gasteiger partial charge on any atom is 0.573 e. The number of primary amides is 1. The smallest absolute Gasteiger partial charge is 0.508 e. The van der Waals surface area contributed by atoms with Crippen molar-refractivity contribution in [3.8, 4) is 62.9 Å². The molecule has 0 unspecified atom stereocenters. The SMILES string of the molecule is CC(=O)NNC(=O)[C@@H]1NC(=O)[C@H]2NC(=O)[C@H](NC(=O)[C@@H]3NC(=O)[C@H](CC(N)=O)NC(=O)[C@H](NC(=O)[C@H](N)CC(C)C)[C@H](O)c4ccc(c(Cl)c4)Oc4cc3cc(c4O[C@@H]3O[C@H](CO)[C@@H](O)[C@H](O)[C@H]3O[C@H]3C[C@](C)(NCc4cccc(NC(=O)c5ccc(OC(F)(F)F)cc5)c4)[C@H](O)[C@H](C)O3)Oc3ccc(cc3Cl)[C@H]2O)c2ccc(O)c(c2)-c2c(O)cc(O)cc21. The zero-order valence-corrected chi connectivity index (χ0v) is 68.1. The Morgan fingerprint density at radius 1 is 0.688 bits per heavy atom. The number of phenolic OH excluding ortho intramolecular Hbond substituents is 3. The number of nitrogens with one attached hydrogen (secondary N) is 10. The van der Waals surface area contributed by atoms with E-state index in [0.717, 1.165) is 104 Å². The average Bonchev–Trinajstić information content (AvgIpc) is 0.767. The van der Waals surface area contributed by atoms with Crippen LogP contribution >= 0.6 is 23.2 Å². The lowest BCUT2D eigenvalue weighted by molar-refractivity contribution is -0.334. The summed E-state index contributed by atoms with van der Waals surface area (Å²) in [6.45, 7) is 6.46. The van der Waals surface area contributed by atoms with Crippen molar-refractivity contribution in [1.29, 1.82) is 0 Å². The maximum atomic E-state index is 16.3. The number of carbonyl (C=O) groups excluding carboxylic acids is 10. The summed E-state index contributed by atoms with van der Waals surface area (Å²) in [6.07, 6.45) is -25.0. The molecule has 7 aromatic carbocycles. The van der Waals surface area contributed by atoms with Crippen LogP contribution in [0.2, 0.25) is 10.0 Å². The van der Waals surface area contributed by atoms with E-state index in [9.17, 15) is 87.9 Å². The number of aliphatic hydroxyl groups excluding tert-OH is 6. The number of amides is 10. The van der Waals surface area contributed by atoms with Gasteiger partial charge in [0, 0.05) is 53.9 Å². The fourth-order valence-electron chi connectivity index (χ4n) is 14.7. The largest absolute Gasteiger partial charge is 0.573 e. The van der Waals surface area contributed by atoms with Crippen molar-refractivity contribution in [2.75, 3.05) is 11.9 Å². The fourth-order valence-corrected chi connectivity index (χ4v) is 15.2. The van der Waals surface area contributed by atoms with Crippen LogP contribution in [0.1, 0.15) is 128 Å². The molecule has 18 atom stereocenters. The minimum absolute atomic E-state index is 0.0155. The minimum Gasteiger partial charge on any atom is -0.508 e. The fraction of sp³-hybridized carbons (Fsp3) is 0.366. The number of aromatic hydroxyl groups is 3. The molecule has 10 amide bonds. The monoisotopic (exact) mass is 1780 g/mol. The summed E-state index contributed by atoms with van der Waals surface area (Å²) < 4.78 is 81.9. The number of phenols is 3. The molecule has 7 heterocycles.